The number of unbranched alkanes of at least 4 members (excludes halogenated alkanes) is 1. The van der Waals surface area contributed by atoms with Gasteiger partial charge in [-0.15, -0.1) is 11.8 Å². The lowest BCUT2D eigenvalue weighted by atomic mass is 10.2. The molecule has 136 valence electrons. The molecule has 1 heterocycles. The first-order valence-corrected chi connectivity index (χ1v) is 9.59. The third kappa shape index (κ3) is 5.22. The number of nitrogens with one attached hydrogen (secondary N) is 1. The summed E-state index contributed by atoms with van der Waals surface area (Å²) in [5, 5.41) is 0.276. The topological polar surface area (TPSA) is 81.2 Å². The summed E-state index contributed by atoms with van der Waals surface area (Å²) in [5.74, 6) is 0.690. The van der Waals surface area contributed by atoms with Gasteiger partial charge in [-0.25, -0.2) is 4.79 Å². The Kier molecular flexibility index (Phi) is 7.31. The zero-order chi connectivity index (χ0) is 18.2. The number of fused-ring (bicyclic) bond motifs is 1. The van der Waals surface area contributed by atoms with Gasteiger partial charge in [0.05, 0.1) is 22.8 Å². The number of carbonyl (C=O) groups excluding carboxylic acids is 1. The van der Waals surface area contributed by atoms with E-state index in [0.29, 0.717) is 17.3 Å². The van der Waals surface area contributed by atoms with Crippen LogP contribution in [0.25, 0.3) is 10.9 Å². The molecule has 1 atom stereocenters. The Morgan fingerprint density at radius 3 is 2.80 bits per heavy atom. The van der Waals surface area contributed by atoms with E-state index in [0.717, 1.165) is 23.2 Å². The first-order chi connectivity index (χ1) is 12.0. The van der Waals surface area contributed by atoms with Crippen molar-refractivity contribution in [2.75, 3.05) is 12.4 Å². The number of hydrogen-bond donors (Lipinski definition) is 1. The maximum atomic E-state index is 12.4. The molecular weight excluding hydrogens is 340 g/mol. The van der Waals surface area contributed by atoms with Gasteiger partial charge in [-0.05, 0) is 37.7 Å². The van der Waals surface area contributed by atoms with E-state index in [1.165, 1.54) is 0 Å². The van der Waals surface area contributed by atoms with Gasteiger partial charge in [0, 0.05) is 6.54 Å². The minimum absolute atomic E-state index is 0.191. The van der Waals surface area contributed by atoms with E-state index in [-0.39, 0.29) is 29.9 Å². The van der Waals surface area contributed by atoms with Crippen LogP contribution >= 0.6 is 11.8 Å². The Hall–Kier alpha value is -2.02. The number of thioether (sulfide) groups is 1. The summed E-state index contributed by atoms with van der Waals surface area (Å²) in [6.45, 7) is 4.35. The van der Waals surface area contributed by atoms with Crippen molar-refractivity contribution in [2.45, 2.75) is 44.9 Å². The average Bonchev–Trinajstić information content (AvgIpc) is 2.60. The van der Waals surface area contributed by atoms with Crippen LogP contribution in [0.2, 0.25) is 0 Å². The van der Waals surface area contributed by atoms with Gasteiger partial charge < -0.3 is 9.72 Å². The third-order valence-electron chi connectivity index (χ3n) is 3.86. The molecule has 2 rings (SSSR count). The quantitative estimate of drug-likeness (QED) is 0.546. The molecule has 1 unspecified atom stereocenters. The summed E-state index contributed by atoms with van der Waals surface area (Å²) in [6.07, 6.45) is 2.60. The number of ether oxygens (including phenoxy) is 1. The van der Waals surface area contributed by atoms with Gasteiger partial charge in [-0.3, -0.25) is 14.2 Å². The van der Waals surface area contributed by atoms with E-state index in [4.69, 9.17) is 4.74 Å². The number of hydrogen-bond acceptors (Lipinski definition) is 5. The molecular formula is C18H24N2O4S. The zero-order valence-corrected chi connectivity index (χ0v) is 15.4. The minimum Gasteiger partial charge on any atom is -0.465 e. The molecule has 1 aromatic carbocycles. The number of aromatic nitrogens is 2. The van der Waals surface area contributed by atoms with Gasteiger partial charge >= 0.3 is 11.7 Å². The van der Waals surface area contributed by atoms with Crippen molar-refractivity contribution in [2.24, 2.45) is 0 Å². The largest absolute Gasteiger partial charge is 0.465 e. The van der Waals surface area contributed by atoms with Crippen molar-refractivity contribution in [1.29, 1.82) is 0 Å². The van der Waals surface area contributed by atoms with Crippen LogP contribution in [0.3, 0.4) is 0 Å². The SMILES string of the molecule is CCCCSC(C)C(=O)OCCCn1c(=O)[nH]c2ccccc2c1=O. The molecule has 0 aliphatic rings. The fourth-order valence-electron chi connectivity index (χ4n) is 2.39. The van der Waals surface area contributed by atoms with Crippen LogP contribution < -0.4 is 11.2 Å². The van der Waals surface area contributed by atoms with Gasteiger partial charge in [0.15, 0.2) is 0 Å². The Morgan fingerprint density at radius 1 is 1.28 bits per heavy atom. The van der Waals surface area contributed by atoms with Gasteiger partial charge in [-0.2, -0.15) is 0 Å². The first-order valence-electron chi connectivity index (χ1n) is 8.54. The molecule has 6 nitrogen and oxygen atoms in total. The number of carbonyl (C=O) groups is 1. The summed E-state index contributed by atoms with van der Waals surface area (Å²) < 4.78 is 6.38. The second-order valence-electron chi connectivity index (χ2n) is 5.82. The van der Waals surface area contributed by atoms with E-state index in [1.54, 1.807) is 36.0 Å². The smallest absolute Gasteiger partial charge is 0.328 e. The molecule has 0 aliphatic carbocycles. The molecule has 0 amide bonds. The Bertz CT molecular complexity index is 828. The van der Waals surface area contributed by atoms with E-state index in [1.807, 2.05) is 6.92 Å². The number of benzene rings is 1. The molecule has 0 spiro atoms. The number of aromatic amines is 1. The first kappa shape index (κ1) is 19.3. The van der Waals surface area contributed by atoms with E-state index in [9.17, 15) is 14.4 Å². The van der Waals surface area contributed by atoms with Crippen LogP contribution in [0.1, 0.15) is 33.1 Å². The summed E-state index contributed by atoms with van der Waals surface area (Å²) in [6, 6.07) is 6.90. The molecule has 0 aliphatic heterocycles. The van der Waals surface area contributed by atoms with Crippen LogP contribution in [0.4, 0.5) is 0 Å². The van der Waals surface area contributed by atoms with Gasteiger partial charge in [-0.1, -0.05) is 25.5 Å². The van der Waals surface area contributed by atoms with Crippen LogP contribution in [0.5, 0.6) is 0 Å². The number of para-hydroxylation sites is 1. The number of nitrogens with zero attached hydrogens (tertiary/aromatic N) is 1. The van der Waals surface area contributed by atoms with E-state index < -0.39 is 5.69 Å². The molecule has 0 radical (unpaired) electrons. The number of H-pyrrole nitrogens is 1. The Labute approximate surface area is 150 Å². The Balaban J connectivity index is 1.88. The number of rotatable bonds is 9. The highest BCUT2D eigenvalue weighted by Gasteiger charge is 2.14. The molecule has 7 heteroatoms. The predicted octanol–water partition coefficient (Wildman–Crippen LogP) is 2.54. The van der Waals surface area contributed by atoms with Crippen LogP contribution in [0.15, 0.2) is 33.9 Å². The lowest BCUT2D eigenvalue weighted by Gasteiger charge is -2.11. The van der Waals surface area contributed by atoms with Crippen molar-refractivity contribution in [3.05, 3.63) is 45.1 Å². The summed E-state index contributed by atoms with van der Waals surface area (Å²) in [5.41, 5.74) is -0.245. The van der Waals surface area contributed by atoms with Gasteiger partial charge in [0.2, 0.25) is 0 Å². The molecule has 0 saturated heterocycles. The molecule has 0 fully saturated rings. The highest BCUT2D eigenvalue weighted by molar-refractivity contribution is 8.00. The molecule has 2 aromatic rings. The van der Waals surface area contributed by atoms with Gasteiger partial charge in [0.1, 0.15) is 0 Å². The second-order valence-corrected chi connectivity index (χ2v) is 7.27. The van der Waals surface area contributed by atoms with Crippen LogP contribution in [-0.4, -0.2) is 33.1 Å². The predicted molar refractivity (Wildman–Crippen MR) is 101 cm³/mol. The molecule has 1 N–H and O–H groups in total. The fraction of sp³-hybridized carbons (Fsp3) is 0.500. The van der Waals surface area contributed by atoms with Crippen LogP contribution in [-0.2, 0) is 16.1 Å². The zero-order valence-electron chi connectivity index (χ0n) is 14.6. The summed E-state index contributed by atoms with van der Waals surface area (Å²) in [7, 11) is 0. The van der Waals surface area contributed by atoms with E-state index >= 15 is 0 Å². The minimum atomic E-state index is -0.446. The highest BCUT2D eigenvalue weighted by atomic mass is 32.2. The highest BCUT2D eigenvalue weighted by Crippen LogP contribution is 2.14. The lowest BCUT2D eigenvalue weighted by Crippen LogP contribution is -2.35. The average molecular weight is 364 g/mol. The van der Waals surface area contributed by atoms with Crippen molar-refractivity contribution in [3.63, 3.8) is 0 Å². The maximum Gasteiger partial charge on any atom is 0.328 e. The molecule has 0 bridgehead atoms. The monoisotopic (exact) mass is 364 g/mol. The fourth-order valence-corrected chi connectivity index (χ4v) is 3.40. The summed E-state index contributed by atoms with van der Waals surface area (Å²) in [4.78, 5) is 39.0. The lowest BCUT2D eigenvalue weighted by molar-refractivity contribution is -0.142. The Morgan fingerprint density at radius 2 is 2.04 bits per heavy atom. The van der Waals surface area contributed by atoms with Crippen LogP contribution in [0, 0.1) is 0 Å². The molecule has 1 aromatic heterocycles. The van der Waals surface area contributed by atoms with Crippen molar-refractivity contribution in [1.82, 2.24) is 9.55 Å². The number of esters is 1. The standard InChI is InChI=1S/C18H24N2O4S/c1-3-4-12-25-13(2)17(22)24-11-7-10-20-16(21)14-8-5-6-9-15(14)19-18(20)23/h5-6,8-9,13H,3-4,7,10-12H2,1-2H3,(H,19,23). The second kappa shape index (κ2) is 9.46. The summed E-state index contributed by atoms with van der Waals surface area (Å²) >= 11 is 1.59. The third-order valence-corrected chi connectivity index (χ3v) is 5.07. The van der Waals surface area contributed by atoms with Gasteiger partial charge in [0.25, 0.3) is 5.56 Å². The maximum absolute atomic E-state index is 12.4. The molecule has 25 heavy (non-hydrogen) atoms. The molecule has 0 saturated carbocycles. The normalized spacial score (nSPS) is 12.2. The van der Waals surface area contributed by atoms with Crippen molar-refractivity contribution in [3.8, 4) is 0 Å². The van der Waals surface area contributed by atoms with Crippen molar-refractivity contribution >= 4 is 28.6 Å². The van der Waals surface area contributed by atoms with E-state index in [2.05, 4.69) is 11.9 Å². The van der Waals surface area contributed by atoms with Crippen molar-refractivity contribution < 1.29 is 9.53 Å².